The molecule has 3 heterocycles. The van der Waals surface area contributed by atoms with Crippen LogP contribution in [0, 0.1) is 0 Å². The summed E-state index contributed by atoms with van der Waals surface area (Å²) in [5.41, 5.74) is 3.85. The van der Waals surface area contributed by atoms with Crippen molar-refractivity contribution < 1.29 is 9.53 Å². The molecule has 9 nitrogen and oxygen atoms in total. The van der Waals surface area contributed by atoms with Crippen molar-refractivity contribution in [2.75, 3.05) is 31.1 Å². The quantitative estimate of drug-likeness (QED) is 0.324. The van der Waals surface area contributed by atoms with Crippen molar-refractivity contribution in [3.63, 3.8) is 0 Å². The Morgan fingerprint density at radius 2 is 1.57 bits per heavy atom. The van der Waals surface area contributed by atoms with Crippen molar-refractivity contribution in [3.8, 4) is 11.4 Å². The third-order valence-corrected chi connectivity index (χ3v) is 7.13. The van der Waals surface area contributed by atoms with E-state index in [0.717, 1.165) is 22.4 Å². The molecule has 0 aliphatic carbocycles. The molecule has 1 aliphatic heterocycles. The second kappa shape index (κ2) is 11.4. The predicted octanol–water partition coefficient (Wildman–Crippen LogP) is 3.97. The normalized spacial score (nSPS) is 13.5. The van der Waals surface area contributed by atoms with E-state index in [2.05, 4.69) is 20.0 Å². The Balaban J connectivity index is 1.15. The van der Waals surface area contributed by atoms with Gasteiger partial charge in [-0.05, 0) is 29.8 Å². The molecule has 202 valence electrons. The number of para-hydroxylation sites is 3. The standard InChI is InChI=1S/C31H30N6O3/c38-29(16-15-28-33-25-13-7-8-14-26(25)34-28)36-19-17-35(18-20-36)27-21-32-37(24-11-5-2-6-12-24)31(39)30(27)40-22-23-9-3-1-4-10-23/h1-14,21H,15-20,22H2,(H,33,34). The predicted molar refractivity (Wildman–Crippen MR) is 154 cm³/mol. The van der Waals surface area contributed by atoms with Crippen LogP contribution in [0.3, 0.4) is 0 Å². The monoisotopic (exact) mass is 534 g/mol. The second-order valence-electron chi connectivity index (χ2n) is 9.75. The first kappa shape index (κ1) is 25.4. The van der Waals surface area contributed by atoms with Gasteiger partial charge in [-0.3, -0.25) is 9.59 Å². The van der Waals surface area contributed by atoms with Crippen molar-refractivity contribution in [1.82, 2.24) is 24.6 Å². The number of hydrogen-bond donors (Lipinski definition) is 1. The highest BCUT2D eigenvalue weighted by molar-refractivity contribution is 5.78. The summed E-state index contributed by atoms with van der Waals surface area (Å²) < 4.78 is 7.51. The number of carbonyl (C=O) groups is 1. The summed E-state index contributed by atoms with van der Waals surface area (Å²) in [6, 6.07) is 26.9. The molecule has 0 bridgehead atoms. The summed E-state index contributed by atoms with van der Waals surface area (Å²) >= 11 is 0. The van der Waals surface area contributed by atoms with Crippen LogP contribution in [-0.4, -0.2) is 56.7 Å². The van der Waals surface area contributed by atoms with Crippen LogP contribution < -0.4 is 15.2 Å². The largest absolute Gasteiger partial charge is 0.481 e. The number of imidazole rings is 1. The van der Waals surface area contributed by atoms with Crippen molar-refractivity contribution in [3.05, 3.63) is 113 Å². The molecule has 1 fully saturated rings. The number of fused-ring (bicyclic) bond motifs is 1. The third-order valence-electron chi connectivity index (χ3n) is 7.13. The highest BCUT2D eigenvalue weighted by Crippen LogP contribution is 2.26. The van der Waals surface area contributed by atoms with Crippen LogP contribution in [0.4, 0.5) is 5.69 Å². The van der Waals surface area contributed by atoms with Crippen LogP contribution in [0.15, 0.2) is 95.9 Å². The topological polar surface area (TPSA) is 96.4 Å². The maximum Gasteiger partial charge on any atom is 0.316 e. The number of ether oxygens (including phenoxy) is 1. The Morgan fingerprint density at radius 1 is 0.875 bits per heavy atom. The van der Waals surface area contributed by atoms with Gasteiger partial charge < -0.3 is 19.5 Å². The van der Waals surface area contributed by atoms with Gasteiger partial charge >= 0.3 is 5.56 Å². The molecule has 0 saturated carbocycles. The summed E-state index contributed by atoms with van der Waals surface area (Å²) in [6.45, 7) is 2.53. The number of H-pyrrole nitrogens is 1. The fourth-order valence-electron chi connectivity index (χ4n) is 4.98. The fraction of sp³-hybridized carbons (Fsp3) is 0.226. The maximum atomic E-state index is 13.6. The van der Waals surface area contributed by atoms with Crippen molar-refractivity contribution in [2.24, 2.45) is 0 Å². The van der Waals surface area contributed by atoms with Crippen LogP contribution >= 0.6 is 0 Å². The van der Waals surface area contributed by atoms with Crippen LogP contribution in [0.1, 0.15) is 17.8 Å². The Kier molecular flexibility index (Phi) is 7.26. The molecule has 40 heavy (non-hydrogen) atoms. The number of nitrogens with one attached hydrogen (secondary N) is 1. The number of amides is 1. The smallest absolute Gasteiger partial charge is 0.316 e. The van der Waals surface area contributed by atoms with Gasteiger partial charge in [-0.1, -0.05) is 60.7 Å². The van der Waals surface area contributed by atoms with E-state index < -0.39 is 0 Å². The van der Waals surface area contributed by atoms with E-state index in [4.69, 9.17) is 4.74 Å². The van der Waals surface area contributed by atoms with Crippen molar-refractivity contribution in [2.45, 2.75) is 19.4 Å². The van der Waals surface area contributed by atoms with E-state index in [0.29, 0.717) is 50.4 Å². The van der Waals surface area contributed by atoms with Crippen LogP contribution in [0.5, 0.6) is 5.75 Å². The van der Waals surface area contributed by atoms with Crippen molar-refractivity contribution >= 4 is 22.6 Å². The number of benzene rings is 3. The molecule has 9 heteroatoms. The van der Waals surface area contributed by atoms with E-state index in [1.165, 1.54) is 4.68 Å². The lowest BCUT2D eigenvalue weighted by Crippen LogP contribution is -2.49. The van der Waals surface area contributed by atoms with Gasteiger partial charge in [-0.15, -0.1) is 0 Å². The van der Waals surface area contributed by atoms with E-state index >= 15 is 0 Å². The van der Waals surface area contributed by atoms with Crippen LogP contribution in [0.2, 0.25) is 0 Å². The molecule has 3 aromatic carbocycles. The Bertz CT molecular complexity index is 1620. The molecular formula is C31H30N6O3. The molecule has 1 amide bonds. The molecular weight excluding hydrogens is 504 g/mol. The number of hydrogen-bond acceptors (Lipinski definition) is 6. The molecule has 0 atom stereocenters. The van der Waals surface area contributed by atoms with Gasteiger partial charge in [0.1, 0.15) is 18.1 Å². The summed E-state index contributed by atoms with van der Waals surface area (Å²) in [5.74, 6) is 1.17. The maximum absolute atomic E-state index is 13.6. The third kappa shape index (κ3) is 5.44. The second-order valence-corrected chi connectivity index (χ2v) is 9.75. The van der Waals surface area contributed by atoms with Crippen LogP contribution in [-0.2, 0) is 17.8 Å². The Hall–Kier alpha value is -4.92. The molecule has 0 spiro atoms. The number of aryl methyl sites for hydroxylation is 1. The molecule has 2 aromatic heterocycles. The van der Waals surface area contributed by atoms with Crippen LogP contribution in [0.25, 0.3) is 16.7 Å². The number of nitrogens with zero attached hydrogens (tertiary/aromatic N) is 5. The molecule has 1 aliphatic rings. The number of anilines is 1. The minimum Gasteiger partial charge on any atom is -0.481 e. The van der Waals surface area contributed by atoms with Gasteiger partial charge in [0.25, 0.3) is 0 Å². The molecule has 0 unspecified atom stereocenters. The first-order chi connectivity index (χ1) is 19.7. The molecule has 6 rings (SSSR count). The minimum atomic E-state index is -0.316. The summed E-state index contributed by atoms with van der Waals surface area (Å²) in [6.07, 6.45) is 2.64. The highest BCUT2D eigenvalue weighted by atomic mass is 16.5. The lowest BCUT2D eigenvalue weighted by molar-refractivity contribution is -0.131. The van der Waals surface area contributed by atoms with E-state index in [1.54, 1.807) is 6.20 Å². The number of rotatable bonds is 8. The van der Waals surface area contributed by atoms with Gasteiger partial charge in [-0.25, -0.2) is 4.98 Å². The summed E-state index contributed by atoms with van der Waals surface area (Å²) in [4.78, 5) is 38.4. The van der Waals surface area contributed by atoms with Gasteiger partial charge in [0.2, 0.25) is 11.7 Å². The first-order valence-corrected chi connectivity index (χ1v) is 13.5. The van der Waals surface area contributed by atoms with Gasteiger partial charge in [0, 0.05) is 39.0 Å². The zero-order valence-corrected chi connectivity index (χ0v) is 22.1. The average Bonchev–Trinajstić information content (AvgIpc) is 3.43. The lowest BCUT2D eigenvalue weighted by Gasteiger charge is -2.36. The molecule has 0 radical (unpaired) electrons. The SMILES string of the molecule is O=C(CCc1nc2ccccc2[nH]1)N1CCN(c2cnn(-c3ccccc3)c(=O)c2OCc2ccccc2)CC1. The molecule has 5 aromatic rings. The van der Waals surface area contributed by atoms with Gasteiger partial charge in [0.05, 0.1) is 22.9 Å². The Morgan fingerprint density at radius 3 is 2.33 bits per heavy atom. The number of aromatic nitrogens is 4. The highest BCUT2D eigenvalue weighted by Gasteiger charge is 2.25. The fourth-order valence-corrected chi connectivity index (χ4v) is 4.98. The van der Waals surface area contributed by atoms with E-state index in [-0.39, 0.29) is 23.8 Å². The summed E-state index contributed by atoms with van der Waals surface area (Å²) in [7, 11) is 0. The van der Waals surface area contributed by atoms with Gasteiger partial charge in [-0.2, -0.15) is 9.78 Å². The van der Waals surface area contributed by atoms with Crippen molar-refractivity contribution in [1.29, 1.82) is 0 Å². The number of carbonyl (C=O) groups excluding carboxylic acids is 1. The lowest BCUT2D eigenvalue weighted by atomic mass is 10.2. The zero-order chi connectivity index (χ0) is 27.3. The zero-order valence-electron chi connectivity index (χ0n) is 22.1. The first-order valence-electron chi connectivity index (χ1n) is 13.5. The van der Waals surface area contributed by atoms with E-state index in [1.807, 2.05) is 89.8 Å². The average molecular weight is 535 g/mol. The minimum absolute atomic E-state index is 0.0956. The number of piperazine rings is 1. The number of aromatic amines is 1. The molecule has 1 N–H and O–H groups in total. The van der Waals surface area contributed by atoms with E-state index in [9.17, 15) is 9.59 Å². The summed E-state index contributed by atoms with van der Waals surface area (Å²) in [5, 5.41) is 4.47. The Labute approximate surface area is 231 Å². The van der Waals surface area contributed by atoms with Gasteiger partial charge in [0.15, 0.2) is 0 Å². The molecule has 1 saturated heterocycles.